The van der Waals surface area contributed by atoms with Crippen molar-refractivity contribution in [3.8, 4) is 0 Å². The maximum atomic E-state index is 12.1. The van der Waals surface area contributed by atoms with Gasteiger partial charge in [-0.25, -0.2) is 0 Å². The fourth-order valence-corrected chi connectivity index (χ4v) is 2.37. The van der Waals surface area contributed by atoms with Crippen molar-refractivity contribution in [2.24, 2.45) is 0 Å². The molecular weight excluding hydrogens is 258 g/mol. The van der Waals surface area contributed by atoms with Crippen LogP contribution in [0.3, 0.4) is 0 Å². The second kappa shape index (κ2) is 6.00. The summed E-state index contributed by atoms with van der Waals surface area (Å²) >= 11 is 0. The van der Waals surface area contributed by atoms with Gasteiger partial charge in [0.2, 0.25) is 0 Å². The van der Waals surface area contributed by atoms with Gasteiger partial charge in [-0.3, -0.25) is 14.9 Å². The van der Waals surface area contributed by atoms with Crippen molar-refractivity contribution in [2.45, 2.75) is 25.8 Å². The summed E-state index contributed by atoms with van der Waals surface area (Å²) < 4.78 is 0. The van der Waals surface area contributed by atoms with Gasteiger partial charge in [-0.2, -0.15) is 0 Å². The summed E-state index contributed by atoms with van der Waals surface area (Å²) in [7, 11) is 2.06. The van der Waals surface area contributed by atoms with Crippen LogP contribution in [0.1, 0.15) is 28.8 Å². The fourth-order valence-electron chi connectivity index (χ4n) is 2.37. The number of likely N-dealkylation sites (tertiary alicyclic amines) is 1. The highest BCUT2D eigenvalue weighted by Crippen LogP contribution is 2.19. The third-order valence-corrected chi connectivity index (χ3v) is 3.72. The second-order valence-electron chi connectivity index (χ2n) is 5.31. The van der Waals surface area contributed by atoms with Gasteiger partial charge in [0.1, 0.15) is 0 Å². The van der Waals surface area contributed by atoms with Gasteiger partial charge in [0, 0.05) is 23.2 Å². The number of nitro benzene ring substituents is 1. The summed E-state index contributed by atoms with van der Waals surface area (Å²) in [6, 6.07) is 4.74. The largest absolute Gasteiger partial charge is 0.349 e. The molecule has 108 valence electrons. The summed E-state index contributed by atoms with van der Waals surface area (Å²) in [5.74, 6) is -0.234. The smallest absolute Gasteiger partial charge is 0.273 e. The highest BCUT2D eigenvalue weighted by Gasteiger charge is 2.20. The zero-order valence-corrected chi connectivity index (χ0v) is 11.8. The molecule has 0 bridgehead atoms. The Labute approximate surface area is 117 Å². The minimum Gasteiger partial charge on any atom is -0.349 e. The van der Waals surface area contributed by atoms with Crippen molar-refractivity contribution >= 4 is 11.6 Å². The molecule has 0 radical (unpaired) electrons. The number of hydrogen-bond acceptors (Lipinski definition) is 4. The zero-order valence-electron chi connectivity index (χ0n) is 11.8. The number of nitro groups is 1. The molecule has 0 saturated carbocycles. The van der Waals surface area contributed by atoms with Crippen LogP contribution in [0.4, 0.5) is 5.69 Å². The van der Waals surface area contributed by atoms with E-state index in [1.807, 2.05) is 0 Å². The quantitative estimate of drug-likeness (QED) is 0.674. The first-order chi connectivity index (χ1) is 9.47. The van der Waals surface area contributed by atoms with Gasteiger partial charge in [-0.15, -0.1) is 0 Å². The van der Waals surface area contributed by atoms with E-state index < -0.39 is 4.92 Å². The van der Waals surface area contributed by atoms with Crippen LogP contribution in [0.25, 0.3) is 0 Å². The Kier molecular flexibility index (Phi) is 4.34. The molecule has 1 fully saturated rings. The molecular formula is C14H19N3O3. The van der Waals surface area contributed by atoms with E-state index in [1.165, 1.54) is 6.07 Å². The first-order valence-electron chi connectivity index (χ1n) is 6.72. The maximum absolute atomic E-state index is 12.1. The normalized spacial score (nSPS) is 16.9. The van der Waals surface area contributed by atoms with Gasteiger partial charge in [0.25, 0.3) is 11.6 Å². The molecule has 2 rings (SSSR count). The van der Waals surface area contributed by atoms with Gasteiger partial charge in [0.05, 0.1) is 4.92 Å². The van der Waals surface area contributed by atoms with Crippen molar-refractivity contribution in [3.05, 3.63) is 39.4 Å². The van der Waals surface area contributed by atoms with Crippen molar-refractivity contribution in [3.63, 3.8) is 0 Å². The van der Waals surface area contributed by atoms with E-state index in [1.54, 1.807) is 19.1 Å². The summed E-state index contributed by atoms with van der Waals surface area (Å²) in [4.78, 5) is 24.8. The fraction of sp³-hybridized carbons (Fsp3) is 0.500. The summed E-state index contributed by atoms with van der Waals surface area (Å²) in [5.41, 5.74) is 0.896. The highest BCUT2D eigenvalue weighted by atomic mass is 16.6. The topological polar surface area (TPSA) is 75.5 Å². The SMILES string of the molecule is Cc1ccc(C(=O)NC2CCN(C)CC2)cc1[N+](=O)[O-]. The molecule has 1 N–H and O–H groups in total. The molecule has 6 heteroatoms. The molecule has 1 aliphatic heterocycles. The van der Waals surface area contributed by atoms with Crippen molar-refractivity contribution in [2.75, 3.05) is 20.1 Å². The number of carbonyl (C=O) groups is 1. The van der Waals surface area contributed by atoms with E-state index >= 15 is 0 Å². The lowest BCUT2D eigenvalue weighted by Crippen LogP contribution is -2.43. The number of piperidine rings is 1. The van der Waals surface area contributed by atoms with Crippen LogP contribution < -0.4 is 5.32 Å². The van der Waals surface area contributed by atoms with Gasteiger partial charge in [0.15, 0.2) is 0 Å². The zero-order chi connectivity index (χ0) is 14.7. The van der Waals surface area contributed by atoms with E-state index in [9.17, 15) is 14.9 Å². The molecule has 20 heavy (non-hydrogen) atoms. The number of rotatable bonds is 3. The van der Waals surface area contributed by atoms with E-state index in [0.717, 1.165) is 25.9 Å². The number of aryl methyl sites for hydroxylation is 1. The predicted octanol–water partition coefficient (Wildman–Crippen LogP) is 1.73. The molecule has 1 aromatic rings. The van der Waals surface area contributed by atoms with E-state index in [-0.39, 0.29) is 17.6 Å². The standard InChI is InChI=1S/C14H19N3O3/c1-10-3-4-11(9-13(10)17(19)20)14(18)15-12-5-7-16(2)8-6-12/h3-4,9,12H,5-8H2,1-2H3,(H,15,18). The Morgan fingerprint density at radius 2 is 2.05 bits per heavy atom. The Balaban J connectivity index is 2.06. The third kappa shape index (κ3) is 3.33. The first kappa shape index (κ1) is 14.5. The van der Waals surface area contributed by atoms with Crippen LogP contribution >= 0.6 is 0 Å². The maximum Gasteiger partial charge on any atom is 0.273 e. The minimum atomic E-state index is -0.457. The second-order valence-corrected chi connectivity index (χ2v) is 5.31. The Bertz CT molecular complexity index is 522. The average Bonchev–Trinajstić information content (AvgIpc) is 2.41. The molecule has 1 aromatic carbocycles. The number of benzene rings is 1. The van der Waals surface area contributed by atoms with Gasteiger partial charge >= 0.3 is 0 Å². The molecule has 0 aliphatic carbocycles. The number of amides is 1. The Hall–Kier alpha value is -1.95. The van der Waals surface area contributed by atoms with Crippen LogP contribution in [-0.2, 0) is 0 Å². The summed E-state index contributed by atoms with van der Waals surface area (Å²) in [6.07, 6.45) is 1.83. The molecule has 6 nitrogen and oxygen atoms in total. The molecule has 1 saturated heterocycles. The van der Waals surface area contributed by atoms with E-state index in [4.69, 9.17) is 0 Å². The van der Waals surface area contributed by atoms with Gasteiger partial charge in [-0.05, 0) is 46.0 Å². The highest BCUT2D eigenvalue weighted by molar-refractivity contribution is 5.95. The molecule has 0 atom stereocenters. The average molecular weight is 277 g/mol. The first-order valence-corrected chi connectivity index (χ1v) is 6.72. The number of nitrogens with zero attached hydrogens (tertiary/aromatic N) is 2. The molecule has 0 aromatic heterocycles. The van der Waals surface area contributed by atoms with Crippen LogP contribution in [0.5, 0.6) is 0 Å². The monoisotopic (exact) mass is 277 g/mol. The number of nitrogens with one attached hydrogen (secondary N) is 1. The minimum absolute atomic E-state index is 0.0129. The molecule has 1 heterocycles. The lowest BCUT2D eigenvalue weighted by atomic mass is 10.0. The lowest BCUT2D eigenvalue weighted by molar-refractivity contribution is -0.385. The van der Waals surface area contributed by atoms with Gasteiger partial charge < -0.3 is 10.2 Å². The van der Waals surface area contributed by atoms with E-state index in [2.05, 4.69) is 17.3 Å². The van der Waals surface area contributed by atoms with Crippen molar-refractivity contribution in [1.29, 1.82) is 0 Å². The van der Waals surface area contributed by atoms with Crippen LogP contribution in [0, 0.1) is 17.0 Å². The summed E-state index contributed by atoms with van der Waals surface area (Å²) in [5, 5.41) is 13.8. The molecule has 1 amide bonds. The Morgan fingerprint density at radius 3 is 2.65 bits per heavy atom. The molecule has 0 spiro atoms. The third-order valence-electron chi connectivity index (χ3n) is 3.72. The lowest BCUT2D eigenvalue weighted by Gasteiger charge is -2.29. The Morgan fingerprint density at radius 1 is 1.40 bits per heavy atom. The van der Waals surface area contributed by atoms with Crippen LogP contribution in [0.2, 0.25) is 0 Å². The van der Waals surface area contributed by atoms with Crippen LogP contribution in [0.15, 0.2) is 18.2 Å². The van der Waals surface area contributed by atoms with Crippen LogP contribution in [-0.4, -0.2) is 41.9 Å². The predicted molar refractivity (Wildman–Crippen MR) is 75.8 cm³/mol. The summed E-state index contributed by atoms with van der Waals surface area (Å²) in [6.45, 7) is 3.58. The van der Waals surface area contributed by atoms with Crippen molar-refractivity contribution < 1.29 is 9.72 Å². The van der Waals surface area contributed by atoms with E-state index in [0.29, 0.717) is 11.1 Å². The molecule has 0 unspecified atom stereocenters. The van der Waals surface area contributed by atoms with Crippen molar-refractivity contribution in [1.82, 2.24) is 10.2 Å². The molecule has 1 aliphatic rings. The van der Waals surface area contributed by atoms with Gasteiger partial charge in [-0.1, -0.05) is 6.07 Å². The number of carbonyl (C=O) groups excluding carboxylic acids is 1. The number of hydrogen-bond donors (Lipinski definition) is 1.